The molecule has 3 nitrogen and oxygen atoms in total. The zero-order chi connectivity index (χ0) is 5.86. The first-order valence-electron chi connectivity index (χ1n) is 1.68. The van der Waals surface area contributed by atoms with Gasteiger partial charge in [-0.1, -0.05) is 6.58 Å². The lowest BCUT2D eigenvalue weighted by atomic mass is 10.5. The molecule has 38 valence electrons. The third kappa shape index (κ3) is 1.70. The Morgan fingerprint density at radius 3 is 2.14 bits per heavy atom. The Hall–Kier alpha value is -1.12. The van der Waals surface area contributed by atoms with Gasteiger partial charge in [-0.05, 0) is 6.72 Å². The highest BCUT2D eigenvalue weighted by Gasteiger charge is 1.86. The maximum atomic E-state index is 6.64. The predicted molar refractivity (Wildman–Crippen MR) is 30.6 cm³/mol. The predicted octanol–water partition coefficient (Wildman–Crippen LogP) is 0.137. The van der Waals surface area contributed by atoms with Gasteiger partial charge in [0.15, 0.2) is 0 Å². The minimum atomic E-state index is -0.130. The van der Waals surface area contributed by atoms with Gasteiger partial charge in [-0.15, -0.1) is 0 Å². The van der Waals surface area contributed by atoms with Gasteiger partial charge < -0.3 is 5.73 Å². The molecule has 0 saturated carbocycles. The van der Waals surface area contributed by atoms with E-state index in [4.69, 9.17) is 11.1 Å². The quantitative estimate of drug-likeness (QED) is 0.373. The van der Waals surface area contributed by atoms with Gasteiger partial charge in [0, 0.05) is 0 Å². The van der Waals surface area contributed by atoms with Crippen LogP contribution in [0, 0.1) is 5.41 Å². The van der Waals surface area contributed by atoms with Crippen LogP contribution >= 0.6 is 0 Å². The van der Waals surface area contributed by atoms with E-state index in [9.17, 15) is 0 Å². The van der Waals surface area contributed by atoms with Crippen molar-refractivity contribution in [2.24, 2.45) is 10.7 Å². The molecule has 0 aliphatic heterocycles. The molecule has 3 heteroatoms. The lowest BCUT2D eigenvalue weighted by Gasteiger charge is -1.88. The van der Waals surface area contributed by atoms with Crippen molar-refractivity contribution in [2.45, 2.75) is 0 Å². The van der Waals surface area contributed by atoms with E-state index in [1.807, 2.05) is 0 Å². The maximum Gasteiger partial charge on any atom is 0.141 e. The molecule has 7 heavy (non-hydrogen) atoms. The molecule has 0 unspecified atom stereocenters. The van der Waals surface area contributed by atoms with Gasteiger partial charge in [-0.3, -0.25) is 10.4 Å². The van der Waals surface area contributed by atoms with Crippen molar-refractivity contribution in [3.05, 3.63) is 12.3 Å². The summed E-state index contributed by atoms with van der Waals surface area (Å²) in [6, 6.07) is 0. The van der Waals surface area contributed by atoms with Crippen LogP contribution in [0.5, 0.6) is 0 Å². The molecule has 0 aliphatic carbocycles. The minimum absolute atomic E-state index is 0.130. The van der Waals surface area contributed by atoms with E-state index in [-0.39, 0.29) is 11.5 Å². The monoisotopic (exact) mass is 97.1 g/mol. The number of hydrogen-bond acceptors (Lipinski definition) is 2. The van der Waals surface area contributed by atoms with Crippen LogP contribution in [-0.2, 0) is 0 Å². The molecule has 0 amide bonds. The molecule has 0 radical (unpaired) electrons. The molecule has 0 aromatic rings. The standard InChI is InChI=1S/C4H7N3/c1-3(7-2)4(5)6/h1-2H2,(H3,5,6). The largest absolute Gasteiger partial charge is 0.382 e. The van der Waals surface area contributed by atoms with Gasteiger partial charge >= 0.3 is 0 Å². The van der Waals surface area contributed by atoms with E-state index in [0.717, 1.165) is 0 Å². The Labute approximate surface area is 42.1 Å². The fourth-order valence-corrected chi connectivity index (χ4v) is 0.0852. The van der Waals surface area contributed by atoms with Gasteiger partial charge in [-0.2, -0.15) is 0 Å². The lowest BCUT2D eigenvalue weighted by molar-refractivity contribution is 1.37. The first kappa shape index (κ1) is 5.88. The van der Waals surface area contributed by atoms with E-state index in [1.165, 1.54) is 0 Å². The summed E-state index contributed by atoms with van der Waals surface area (Å²) in [6.07, 6.45) is 0. The van der Waals surface area contributed by atoms with Gasteiger partial charge in [0.05, 0.1) is 5.70 Å². The van der Waals surface area contributed by atoms with Crippen molar-refractivity contribution >= 4 is 12.6 Å². The maximum absolute atomic E-state index is 6.64. The van der Waals surface area contributed by atoms with Crippen LogP contribution in [0.15, 0.2) is 17.3 Å². The Balaban J connectivity index is 3.81. The fraction of sp³-hybridized carbons (Fsp3) is 0. The Morgan fingerprint density at radius 1 is 1.71 bits per heavy atom. The third-order valence-electron chi connectivity index (χ3n) is 0.502. The summed E-state index contributed by atoms with van der Waals surface area (Å²) in [6.45, 7) is 6.41. The summed E-state index contributed by atoms with van der Waals surface area (Å²) in [7, 11) is 0. The average molecular weight is 97.1 g/mol. The Bertz CT molecular complexity index is 114. The zero-order valence-corrected chi connectivity index (χ0v) is 3.94. The van der Waals surface area contributed by atoms with Crippen molar-refractivity contribution in [3.8, 4) is 0 Å². The van der Waals surface area contributed by atoms with E-state index in [0.29, 0.717) is 0 Å². The highest BCUT2D eigenvalue weighted by molar-refractivity contribution is 5.93. The van der Waals surface area contributed by atoms with Crippen LogP contribution in [0.25, 0.3) is 0 Å². The summed E-state index contributed by atoms with van der Waals surface area (Å²) in [4.78, 5) is 3.29. The average Bonchev–Trinajstić information content (AvgIpc) is 1.65. The van der Waals surface area contributed by atoms with Gasteiger partial charge in [-0.25, -0.2) is 0 Å². The summed E-state index contributed by atoms with van der Waals surface area (Å²) in [5.74, 6) is -0.130. The van der Waals surface area contributed by atoms with Crippen molar-refractivity contribution in [1.82, 2.24) is 0 Å². The van der Waals surface area contributed by atoms with Gasteiger partial charge in [0.1, 0.15) is 5.84 Å². The van der Waals surface area contributed by atoms with Crippen LogP contribution in [0.2, 0.25) is 0 Å². The number of amidine groups is 1. The molecule has 0 bridgehead atoms. The summed E-state index contributed by atoms with van der Waals surface area (Å²) >= 11 is 0. The van der Waals surface area contributed by atoms with Crippen LogP contribution in [0.4, 0.5) is 0 Å². The van der Waals surface area contributed by atoms with Crippen molar-refractivity contribution in [2.75, 3.05) is 0 Å². The van der Waals surface area contributed by atoms with Crippen molar-refractivity contribution < 1.29 is 0 Å². The van der Waals surface area contributed by atoms with Crippen LogP contribution in [-0.4, -0.2) is 12.6 Å². The number of rotatable bonds is 2. The molecule has 0 aliphatic rings. The van der Waals surface area contributed by atoms with Crippen LogP contribution in [0.3, 0.4) is 0 Å². The van der Waals surface area contributed by atoms with Crippen LogP contribution < -0.4 is 5.73 Å². The molecule has 0 rings (SSSR count). The molecule has 3 N–H and O–H groups in total. The molecule has 0 aromatic heterocycles. The Kier molecular flexibility index (Phi) is 1.78. The van der Waals surface area contributed by atoms with Crippen LogP contribution in [0.1, 0.15) is 0 Å². The molecule has 0 fully saturated rings. The lowest BCUT2D eigenvalue weighted by Crippen LogP contribution is -2.09. The minimum Gasteiger partial charge on any atom is -0.382 e. The van der Waals surface area contributed by atoms with Gasteiger partial charge in [0.2, 0.25) is 0 Å². The second-order valence-electron chi connectivity index (χ2n) is 1.02. The zero-order valence-electron chi connectivity index (χ0n) is 3.94. The molecule has 0 aromatic carbocycles. The molecular weight excluding hydrogens is 90.1 g/mol. The second kappa shape index (κ2) is 2.12. The fourth-order valence-electron chi connectivity index (χ4n) is 0.0852. The topological polar surface area (TPSA) is 62.2 Å². The number of nitrogens with two attached hydrogens (primary N) is 1. The summed E-state index contributed by atoms with van der Waals surface area (Å²) in [5.41, 5.74) is 5.12. The molecular formula is C4H7N3. The van der Waals surface area contributed by atoms with E-state index in [1.54, 1.807) is 0 Å². The van der Waals surface area contributed by atoms with E-state index in [2.05, 4.69) is 18.3 Å². The van der Waals surface area contributed by atoms with Gasteiger partial charge in [0.25, 0.3) is 0 Å². The summed E-state index contributed by atoms with van der Waals surface area (Å²) in [5, 5.41) is 6.64. The third-order valence-corrected chi connectivity index (χ3v) is 0.502. The number of hydrogen-bond donors (Lipinski definition) is 2. The Morgan fingerprint density at radius 2 is 2.14 bits per heavy atom. The number of nitrogens with one attached hydrogen (secondary N) is 1. The van der Waals surface area contributed by atoms with Crippen molar-refractivity contribution in [3.63, 3.8) is 0 Å². The highest BCUT2D eigenvalue weighted by atomic mass is 14.8. The number of aliphatic imine (C=N–C) groups is 1. The van der Waals surface area contributed by atoms with E-state index >= 15 is 0 Å². The van der Waals surface area contributed by atoms with E-state index < -0.39 is 0 Å². The molecule has 0 atom stereocenters. The van der Waals surface area contributed by atoms with Crippen molar-refractivity contribution in [1.29, 1.82) is 5.41 Å². The SMILES string of the molecule is C=NC(=C)C(=N)N. The highest BCUT2D eigenvalue weighted by Crippen LogP contribution is 1.84. The molecule has 0 heterocycles. The molecule has 0 spiro atoms. The molecule has 0 saturated heterocycles. The first-order valence-corrected chi connectivity index (χ1v) is 1.68. The normalized spacial score (nSPS) is 7.43. The smallest absolute Gasteiger partial charge is 0.141 e. The number of nitrogens with zero attached hydrogens (tertiary/aromatic N) is 1. The summed E-state index contributed by atoms with van der Waals surface area (Å²) < 4.78 is 0. The first-order chi connectivity index (χ1) is 3.18. The second-order valence-corrected chi connectivity index (χ2v) is 1.02.